The molecule has 1 aromatic rings. The van der Waals surface area contributed by atoms with E-state index in [9.17, 15) is 9.90 Å². The van der Waals surface area contributed by atoms with Gasteiger partial charge in [-0.15, -0.1) is 0 Å². The number of carbonyl (C=O) groups is 1. The van der Waals surface area contributed by atoms with Crippen LogP contribution in [0.4, 0.5) is 4.79 Å². The van der Waals surface area contributed by atoms with E-state index in [0.717, 1.165) is 42.4 Å². The first kappa shape index (κ1) is 21.9. The average molecular weight is 389 g/mol. The second-order valence-corrected chi connectivity index (χ2v) is 7.40. The van der Waals surface area contributed by atoms with Crippen molar-refractivity contribution in [2.45, 2.75) is 59.3 Å². The maximum absolute atomic E-state index is 11.4. The van der Waals surface area contributed by atoms with Crippen LogP contribution in [0.5, 0.6) is 11.5 Å². The van der Waals surface area contributed by atoms with Crippen molar-refractivity contribution < 1.29 is 24.1 Å². The van der Waals surface area contributed by atoms with Crippen molar-refractivity contribution in [2.24, 2.45) is 5.92 Å². The van der Waals surface area contributed by atoms with Gasteiger partial charge in [-0.3, -0.25) is 0 Å². The fourth-order valence-corrected chi connectivity index (χ4v) is 3.76. The topological polar surface area (TPSA) is 65.0 Å². The lowest BCUT2D eigenvalue weighted by Crippen LogP contribution is -2.19. The van der Waals surface area contributed by atoms with Crippen LogP contribution in [0, 0.1) is 5.92 Å². The zero-order valence-corrected chi connectivity index (χ0v) is 17.4. The van der Waals surface area contributed by atoms with Gasteiger partial charge in [-0.2, -0.15) is 0 Å². The minimum Gasteiger partial charge on any atom is -0.507 e. The van der Waals surface area contributed by atoms with Gasteiger partial charge in [-0.25, -0.2) is 4.79 Å². The van der Waals surface area contributed by atoms with Crippen molar-refractivity contribution in [2.75, 3.05) is 13.4 Å². The first-order valence-corrected chi connectivity index (χ1v) is 9.98. The minimum atomic E-state index is -0.772. The highest BCUT2D eigenvalue weighted by molar-refractivity contribution is 5.59. The third kappa shape index (κ3) is 5.54. The number of phenolic OH excluding ortho intramolecular Hbond substituents is 1. The normalized spacial score (nSPS) is 18.9. The summed E-state index contributed by atoms with van der Waals surface area (Å²) in [6.45, 7) is 12.0. The van der Waals surface area contributed by atoms with E-state index >= 15 is 0 Å². The van der Waals surface area contributed by atoms with Crippen LogP contribution in [0.25, 0.3) is 0 Å². The maximum atomic E-state index is 11.4. The molecule has 28 heavy (non-hydrogen) atoms. The van der Waals surface area contributed by atoms with Crippen molar-refractivity contribution in [3.63, 3.8) is 0 Å². The van der Waals surface area contributed by atoms with Gasteiger partial charge >= 0.3 is 6.16 Å². The summed E-state index contributed by atoms with van der Waals surface area (Å²) in [6, 6.07) is 3.74. The largest absolute Gasteiger partial charge is 0.511 e. The van der Waals surface area contributed by atoms with Gasteiger partial charge in [0, 0.05) is 11.5 Å². The molecule has 0 spiro atoms. The molecule has 0 bridgehead atoms. The Morgan fingerprint density at radius 1 is 1.29 bits per heavy atom. The van der Waals surface area contributed by atoms with Crippen molar-refractivity contribution in [3.8, 4) is 11.5 Å². The molecule has 1 aliphatic rings. The Bertz CT molecular complexity index is 735. The molecule has 2 rings (SSSR count). The van der Waals surface area contributed by atoms with E-state index < -0.39 is 6.16 Å². The molecule has 0 heterocycles. The Labute approximate surface area is 168 Å². The summed E-state index contributed by atoms with van der Waals surface area (Å²) in [5.74, 6) is 0.939. The van der Waals surface area contributed by atoms with Crippen LogP contribution in [0.3, 0.4) is 0 Å². The smallest absolute Gasteiger partial charge is 0.507 e. The van der Waals surface area contributed by atoms with Crippen LogP contribution in [-0.2, 0) is 15.9 Å². The van der Waals surface area contributed by atoms with Gasteiger partial charge in [0.1, 0.15) is 11.5 Å². The zero-order valence-electron chi connectivity index (χ0n) is 17.4. The fraction of sp³-hybridized carbons (Fsp3) is 0.522. The van der Waals surface area contributed by atoms with E-state index in [1.807, 2.05) is 19.1 Å². The van der Waals surface area contributed by atoms with Crippen LogP contribution in [0.15, 0.2) is 35.9 Å². The molecule has 0 saturated heterocycles. The highest BCUT2D eigenvalue weighted by atomic mass is 16.8. The molecule has 2 atom stereocenters. The zero-order chi connectivity index (χ0) is 20.7. The first-order chi connectivity index (χ1) is 13.4. The lowest BCUT2D eigenvalue weighted by atomic mass is 9.73. The van der Waals surface area contributed by atoms with E-state index in [-0.39, 0.29) is 31.0 Å². The molecule has 0 unspecified atom stereocenters. The van der Waals surface area contributed by atoms with Gasteiger partial charge in [0.15, 0.2) is 0 Å². The molecular weight excluding hydrogens is 356 g/mol. The first-order valence-electron chi connectivity index (χ1n) is 9.98. The van der Waals surface area contributed by atoms with Crippen molar-refractivity contribution in [1.82, 2.24) is 0 Å². The molecule has 1 aromatic carbocycles. The standard InChI is InChI=1S/C23H32O5/c1-6-8-17-12-20(24)22(19-11-16(5)9-10-18(19)15(3)4)21(13-17)27-14-28-23(25)26-7-2/h11-13,18-19,24H,3,6-10,14H2,1-2,4-5H3/t18-,19+/m0/s1. The average Bonchev–Trinajstić information content (AvgIpc) is 2.61. The van der Waals surface area contributed by atoms with Gasteiger partial charge in [0.25, 0.3) is 0 Å². The van der Waals surface area contributed by atoms with E-state index in [0.29, 0.717) is 5.75 Å². The Morgan fingerprint density at radius 3 is 2.68 bits per heavy atom. The van der Waals surface area contributed by atoms with Crippen LogP contribution >= 0.6 is 0 Å². The van der Waals surface area contributed by atoms with Crippen LogP contribution in [0.2, 0.25) is 0 Å². The molecule has 0 saturated carbocycles. The second kappa shape index (κ2) is 10.2. The van der Waals surface area contributed by atoms with Crippen LogP contribution in [0.1, 0.15) is 64.0 Å². The quantitative estimate of drug-likeness (QED) is 0.343. The van der Waals surface area contributed by atoms with Gasteiger partial charge in [0.05, 0.1) is 6.61 Å². The van der Waals surface area contributed by atoms with Gasteiger partial charge < -0.3 is 19.3 Å². The molecule has 0 aromatic heterocycles. The molecule has 5 heteroatoms. The van der Waals surface area contributed by atoms with E-state index in [2.05, 4.69) is 26.5 Å². The number of aryl methyl sites for hydroxylation is 1. The maximum Gasteiger partial charge on any atom is 0.511 e. The number of carbonyl (C=O) groups excluding carboxylic acids is 1. The Morgan fingerprint density at radius 2 is 2.04 bits per heavy atom. The Balaban J connectivity index is 2.38. The van der Waals surface area contributed by atoms with Gasteiger partial charge in [-0.1, -0.05) is 37.1 Å². The number of allylic oxidation sites excluding steroid dienone is 3. The molecule has 154 valence electrons. The molecular formula is C23H32O5. The number of hydrogen-bond donors (Lipinski definition) is 1. The predicted molar refractivity (Wildman–Crippen MR) is 110 cm³/mol. The number of ether oxygens (including phenoxy) is 3. The SMILES string of the molecule is C=C(C)[C@@H]1CCC(C)=C[C@H]1c1c(O)cc(CCC)cc1OCOC(=O)OCC. The van der Waals surface area contributed by atoms with E-state index in [1.54, 1.807) is 6.92 Å². The van der Waals surface area contributed by atoms with E-state index in [1.165, 1.54) is 5.57 Å². The van der Waals surface area contributed by atoms with E-state index in [4.69, 9.17) is 14.2 Å². The monoisotopic (exact) mass is 388 g/mol. The lowest BCUT2D eigenvalue weighted by Gasteiger charge is -2.32. The molecule has 0 fully saturated rings. The Hall–Kier alpha value is -2.43. The van der Waals surface area contributed by atoms with Crippen LogP contribution in [-0.4, -0.2) is 24.7 Å². The number of rotatable bonds is 8. The third-order valence-electron chi connectivity index (χ3n) is 5.09. The summed E-state index contributed by atoms with van der Waals surface area (Å²) >= 11 is 0. The summed E-state index contributed by atoms with van der Waals surface area (Å²) in [7, 11) is 0. The highest BCUT2D eigenvalue weighted by Gasteiger charge is 2.30. The van der Waals surface area contributed by atoms with Crippen molar-refractivity contribution >= 4 is 6.16 Å². The fourth-order valence-electron chi connectivity index (χ4n) is 3.76. The number of benzene rings is 1. The third-order valence-corrected chi connectivity index (χ3v) is 5.09. The van der Waals surface area contributed by atoms with Crippen molar-refractivity contribution in [1.29, 1.82) is 0 Å². The second-order valence-electron chi connectivity index (χ2n) is 7.40. The molecule has 0 radical (unpaired) electrons. The summed E-state index contributed by atoms with van der Waals surface area (Å²) in [5.41, 5.74) is 4.07. The Kier molecular flexibility index (Phi) is 7.97. The molecule has 0 aliphatic heterocycles. The summed E-state index contributed by atoms with van der Waals surface area (Å²) in [4.78, 5) is 11.4. The highest BCUT2D eigenvalue weighted by Crippen LogP contribution is 2.46. The number of phenols is 1. The molecule has 1 N–H and O–H groups in total. The molecule has 5 nitrogen and oxygen atoms in total. The van der Waals surface area contributed by atoms with Crippen LogP contribution < -0.4 is 4.74 Å². The molecule has 1 aliphatic carbocycles. The summed E-state index contributed by atoms with van der Waals surface area (Å²) in [6.07, 6.45) is 5.20. The summed E-state index contributed by atoms with van der Waals surface area (Å²) < 4.78 is 15.5. The number of aromatic hydroxyl groups is 1. The summed E-state index contributed by atoms with van der Waals surface area (Å²) in [5, 5.41) is 10.9. The molecule has 0 amide bonds. The van der Waals surface area contributed by atoms with Gasteiger partial charge in [0.2, 0.25) is 6.79 Å². The number of hydrogen-bond acceptors (Lipinski definition) is 5. The van der Waals surface area contributed by atoms with Gasteiger partial charge in [-0.05, 0) is 63.6 Å². The lowest BCUT2D eigenvalue weighted by molar-refractivity contribution is 0.00635. The predicted octanol–water partition coefficient (Wildman–Crippen LogP) is 5.87. The van der Waals surface area contributed by atoms with Crippen molar-refractivity contribution in [3.05, 3.63) is 47.1 Å². The minimum absolute atomic E-state index is 0.0282.